The Morgan fingerprint density at radius 2 is 1.72 bits per heavy atom. The Hall–Kier alpha value is -3.28. The lowest BCUT2D eigenvalue weighted by molar-refractivity contribution is 0.102. The van der Waals surface area contributed by atoms with Gasteiger partial charge in [-0.2, -0.15) is 0 Å². The van der Waals surface area contributed by atoms with Crippen molar-refractivity contribution in [3.8, 4) is 0 Å². The van der Waals surface area contributed by atoms with Crippen molar-refractivity contribution in [2.75, 3.05) is 10.6 Å². The number of carbonyl (C=O) groups excluding carboxylic acids is 1. The zero-order valence-corrected chi connectivity index (χ0v) is 13.9. The van der Waals surface area contributed by atoms with Gasteiger partial charge in [0.1, 0.15) is 11.5 Å². The van der Waals surface area contributed by atoms with Gasteiger partial charge in [0.25, 0.3) is 5.91 Å². The van der Waals surface area contributed by atoms with E-state index in [2.05, 4.69) is 20.6 Å². The molecule has 0 radical (unpaired) electrons. The Morgan fingerprint density at radius 1 is 1.00 bits per heavy atom. The number of aryl methyl sites for hydroxylation is 2. The molecule has 0 atom stereocenters. The molecule has 5 nitrogen and oxygen atoms in total. The largest absolute Gasteiger partial charge is 0.324 e. The average molecular weight is 336 g/mol. The number of halogens is 1. The van der Waals surface area contributed by atoms with Crippen molar-refractivity contribution in [3.05, 3.63) is 77.4 Å². The number of amides is 1. The molecular formula is C19H17FN4O. The summed E-state index contributed by atoms with van der Waals surface area (Å²) in [6.07, 6.45) is 0. The maximum Gasteiger partial charge on any atom is 0.274 e. The molecule has 0 aliphatic heterocycles. The first-order valence-corrected chi connectivity index (χ1v) is 7.76. The highest BCUT2D eigenvalue weighted by Crippen LogP contribution is 2.17. The Morgan fingerprint density at radius 3 is 2.44 bits per heavy atom. The van der Waals surface area contributed by atoms with Crippen molar-refractivity contribution in [1.29, 1.82) is 0 Å². The summed E-state index contributed by atoms with van der Waals surface area (Å²) in [5, 5.41) is 5.82. The fraction of sp³-hybridized carbons (Fsp3) is 0.105. The summed E-state index contributed by atoms with van der Waals surface area (Å²) < 4.78 is 13.0. The van der Waals surface area contributed by atoms with Crippen LogP contribution in [0, 0.1) is 19.7 Å². The number of hydrogen-bond acceptors (Lipinski definition) is 4. The van der Waals surface area contributed by atoms with Crippen molar-refractivity contribution in [2.24, 2.45) is 0 Å². The number of nitrogens with zero attached hydrogens (tertiary/aromatic N) is 2. The van der Waals surface area contributed by atoms with Crippen LogP contribution in [0.1, 0.15) is 21.7 Å². The first kappa shape index (κ1) is 16.6. The second kappa shape index (κ2) is 7.09. The van der Waals surface area contributed by atoms with E-state index >= 15 is 0 Å². The molecule has 1 amide bonds. The van der Waals surface area contributed by atoms with E-state index in [1.165, 1.54) is 12.1 Å². The van der Waals surface area contributed by atoms with Gasteiger partial charge < -0.3 is 10.6 Å². The van der Waals surface area contributed by atoms with Gasteiger partial charge in [0.2, 0.25) is 5.95 Å². The van der Waals surface area contributed by atoms with Crippen molar-refractivity contribution in [1.82, 2.24) is 9.97 Å². The summed E-state index contributed by atoms with van der Waals surface area (Å²) in [6.45, 7) is 3.70. The number of hydrogen-bond donors (Lipinski definition) is 2. The molecule has 6 heteroatoms. The van der Waals surface area contributed by atoms with Gasteiger partial charge in [0, 0.05) is 17.1 Å². The third-order valence-corrected chi connectivity index (χ3v) is 3.58. The number of nitrogens with one attached hydrogen (secondary N) is 2. The molecule has 126 valence electrons. The third kappa shape index (κ3) is 4.17. The lowest BCUT2D eigenvalue weighted by atomic mass is 10.2. The van der Waals surface area contributed by atoms with Crippen LogP contribution in [0.25, 0.3) is 0 Å². The highest BCUT2D eigenvalue weighted by Gasteiger charge is 2.12. The van der Waals surface area contributed by atoms with Crippen LogP contribution in [0.3, 0.4) is 0 Å². The molecule has 0 unspecified atom stereocenters. The standard InChI is InChI=1S/C19H17FN4O/c1-12-5-3-4-6-16(12)23-18(25)17-11-13(2)21-19(24-17)22-15-9-7-14(20)8-10-15/h3-11H,1-2H3,(H,23,25)(H,21,22,24). The van der Waals surface area contributed by atoms with Crippen LogP contribution in [-0.2, 0) is 0 Å². The molecule has 2 aromatic carbocycles. The first-order valence-electron chi connectivity index (χ1n) is 7.76. The third-order valence-electron chi connectivity index (χ3n) is 3.58. The van der Waals surface area contributed by atoms with E-state index in [0.717, 1.165) is 11.3 Å². The van der Waals surface area contributed by atoms with Crippen LogP contribution in [0.5, 0.6) is 0 Å². The maximum atomic E-state index is 13.0. The quantitative estimate of drug-likeness (QED) is 0.748. The maximum absolute atomic E-state index is 13.0. The minimum absolute atomic E-state index is 0.250. The van der Waals surface area contributed by atoms with Gasteiger partial charge in [0.05, 0.1) is 0 Å². The Labute approximate surface area is 145 Å². The predicted molar refractivity (Wildman–Crippen MR) is 95.6 cm³/mol. The number of benzene rings is 2. The van der Waals surface area contributed by atoms with E-state index in [1.54, 1.807) is 25.1 Å². The van der Waals surface area contributed by atoms with Gasteiger partial charge in [-0.05, 0) is 55.8 Å². The molecule has 0 saturated heterocycles. The van der Waals surface area contributed by atoms with Gasteiger partial charge >= 0.3 is 0 Å². The van der Waals surface area contributed by atoms with Gasteiger partial charge in [-0.1, -0.05) is 18.2 Å². The van der Waals surface area contributed by atoms with Crippen LogP contribution >= 0.6 is 0 Å². The molecule has 3 aromatic rings. The second-order valence-corrected chi connectivity index (χ2v) is 5.62. The Balaban J connectivity index is 1.82. The molecule has 3 rings (SSSR count). The number of anilines is 3. The SMILES string of the molecule is Cc1cc(C(=O)Nc2ccccc2C)nc(Nc2ccc(F)cc2)n1. The highest BCUT2D eigenvalue weighted by molar-refractivity contribution is 6.03. The molecule has 25 heavy (non-hydrogen) atoms. The van der Waals surface area contributed by atoms with Crippen LogP contribution in [0.2, 0.25) is 0 Å². The summed E-state index contributed by atoms with van der Waals surface area (Å²) in [4.78, 5) is 21.0. The van der Waals surface area contributed by atoms with Crippen LogP contribution in [0.15, 0.2) is 54.6 Å². The summed E-state index contributed by atoms with van der Waals surface area (Å²) in [5.41, 5.74) is 3.23. The van der Waals surface area contributed by atoms with Crippen molar-refractivity contribution in [2.45, 2.75) is 13.8 Å². The van der Waals surface area contributed by atoms with Crippen LogP contribution in [-0.4, -0.2) is 15.9 Å². The molecule has 1 heterocycles. The zero-order valence-electron chi connectivity index (χ0n) is 13.9. The second-order valence-electron chi connectivity index (χ2n) is 5.62. The number of rotatable bonds is 4. The molecule has 0 fully saturated rings. The fourth-order valence-electron chi connectivity index (χ4n) is 2.30. The van der Waals surface area contributed by atoms with E-state index in [-0.39, 0.29) is 23.4 Å². The molecule has 0 spiro atoms. The highest BCUT2D eigenvalue weighted by atomic mass is 19.1. The van der Waals surface area contributed by atoms with E-state index < -0.39 is 0 Å². The normalized spacial score (nSPS) is 10.4. The van der Waals surface area contributed by atoms with Gasteiger partial charge in [-0.25, -0.2) is 14.4 Å². The predicted octanol–water partition coefficient (Wildman–Crippen LogP) is 4.23. The van der Waals surface area contributed by atoms with E-state index in [0.29, 0.717) is 11.4 Å². The smallest absolute Gasteiger partial charge is 0.274 e. The molecule has 0 aliphatic rings. The topological polar surface area (TPSA) is 66.9 Å². The lowest BCUT2D eigenvalue weighted by Gasteiger charge is -2.10. The lowest BCUT2D eigenvalue weighted by Crippen LogP contribution is -2.16. The minimum atomic E-state index is -0.325. The Kier molecular flexibility index (Phi) is 4.70. The van der Waals surface area contributed by atoms with Crippen LogP contribution < -0.4 is 10.6 Å². The zero-order chi connectivity index (χ0) is 17.8. The molecule has 0 aliphatic carbocycles. The van der Waals surface area contributed by atoms with Gasteiger partial charge in [0.15, 0.2) is 0 Å². The number of para-hydroxylation sites is 1. The van der Waals surface area contributed by atoms with Gasteiger partial charge in [-0.3, -0.25) is 4.79 Å². The van der Waals surface area contributed by atoms with Crippen molar-refractivity contribution in [3.63, 3.8) is 0 Å². The molecule has 2 N–H and O–H groups in total. The van der Waals surface area contributed by atoms with E-state index in [4.69, 9.17) is 0 Å². The van der Waals surface area contributed by atoms with Gasteiger partial charge in [-0.15, -0.1) is 0 Å². The summed E-state index contributed by atoms with van der Waals surface area (Å²) in [7, 11) is 0. The Bertz CT molecular complexity index is 910. The molecular weight excluding hydrogens is 319 g/mol. The summed E-state index contributed by atoms with van der Waals surface area (Å²) >= 11 is 0. The fourth-order valence-corrected chi connectivity index (χ4v) is 2.30. The molecule has 0 saturated carbocycles. The molecule has 1 aromatic heterocycles. The number of aromatic nitrogens is 2. The monoisotopic (exact) mass is 336 g/mol. The minimum Gasteiger partial charge on any atom is -0.324 e. The van der Waals surface area contributed by atoms with Crippen LogP contribution in [0.4, 0.5) is 21.7 Å². The summed E-state index contributed by atoms with van der Waals surface area (Å²) in [5.74, 6) is -0.363. The van der Waals surface area contributed by atoms with E-state index in [9.17, 15) is 9.18 Å². The number of carbonyl (C=O) groups is 1. The van der Waals surface area contributed by atoms with E-state index in [1.807, 2.05) is 31.2 Å². The van der Waals surface area contributed by atoms with Crippen molar-refractivity contribution >= 4 is 23.2 Å². The first-order chi connectivity index (χ1) is 12.0. The van der Waals surface area contributed by atoms with Crippen molar-refractivity contribution < 1.29 is 9.18 Å². The average Bonchev–Trinajstić information content (AvgIpc) is 2.58. The molecule has 0 bridgehead atoms. The summed E-state index contributed by atoms with van der Waals surface area (Å²) in [6, 6.07) is 15.0.